The van der Waals surface area contributed by atoms with E-state index in [0.29, 0.717) is 22.6 Å². The van der Waals surface area contributed by atoms with Crippen LogP contribution >= 0.6 is 0 Å². The summed E-state index contributed by atoms with van der Waals surface area (Å²) < 4.78 is 5.09. The summed E-state index contributed by atoms with van der Waals surface area (Å²) in [5, 5.41) is 29.0. The number of aromatic hydroxyl groups is 1. The lowest BCUT2D eigenvalue weighted by atomic mass is 10.2. The van der Waals surface area contributed by atoms with E-state index in [2.05, 4.69) is 15.2 Å². The van der Waals surface area contributed by atoms with Crippen molar-refractivity contribution in [2.45, 2.75) is 0 Å². The van der Waals surface area contributed by atoms with Crippen LogP contribution in [0.1, 0.15) is 5.56 Å². The zero-order chi connectivity index (χ0) is 19.9. The standard InChI is InChI=1S/C20H16N4O4/c1-28-19-9-4-16(5-10-19)22-23-17-6-11-20(25)14(12-17)13-21-15-2-7-18(8-3-15)24(26)27/h2-13,25H,1H3. The fourth-order valence-electron chi connectivity index (χ4n) is 2.28. The van der Waals surface area contributed by atoms with Gasteiger partial charge in [0.05, 0.1) is 29.1 Å². The summed E-state index contributed by atoms with van der Waals surface area (Å²) >= 11 is 0. The second-order valence-electron chi connectivity index (χ2n) is 5.67. The van der Waals surface area contributed by atoms with Crippen LogP contribution in [0.15, 0.2) is 82.0 Å². The number of rotatable bonds is 6. The largest absolute Gasteiger partial charge is 0.507 e. The minimum absolute atomic E-state index is 0.0114. The van der Waals surface area contributed by atoms with E-state index in [1.54, 1.807) is 43.5 Å². The molecule has 0 aliphatic carbocycles. The Bertz CT molecular complexity index is 1030. The third kappa shape index (κ3) is 4.76. The van der Waals surface area contributed by atoms with Crippen LogP contribution in [0.4, 0.5) is 22.7 Å². The molecule has 0 saturated carbocycles. The van der Waals surface area contributed by atoms with E-state index in [-0.39, 0.29) is 11.4 Å². The Hall–Kier alpha value is -4.07. The van der Waals surface area contributed by atoms with Gasteiger partial charge in [0, 0.05) is 23.9 Å². The van der Waals surface area contributed by atoms with Gasteiger partial charge < -0.3 is 9.84 Å². The Morgan fingerprint density at radius 1 is 0.929 bits per heavy atom. The van der Waals surface area contributed by atoms with Crippen molar-refractivity contribution in [3.63, 3.8) is 0 Å². The molecule has 28 heavy (non-hydrogen) atoms. The molecule has 8 nitrogen and oxygen atoms in total. The van der Waals surface area contributed by atoms with Crippen LogP contribution in [0, 0.1) is 10.1 Å². The third-order valence-corrected chi connectivity index (χ3v) is 3.78. The summed E-state index contributed by atoms with van der Waals surface area (Å²) in [6.45, 7) is 0. The molecule has 3 aromatic carbocycles. The van der Waals surface area contributed by atoms with E-state index in [1.807, 2.05) is 0 Å². The number of nitro benzene ring substituents is 1. The number of hydrogen-bond acceptors (Lipinski definition) is 7. The summed E-state index contributed by atoms with van der Waals surface area (Å²) in [4.78, 5) is 14.4. The van der Waals surface area contributed by atoms with E-state index in [0.717, 1.165) is 5.75 Å². The fourth-order valence-corrected chi connectivity index (χ4v) is 2.28. The Balaban J connectivity index is 1.76. The zero-order valence-corrected chi connectivity index (χ0v) is 14.9. The Morgan fingerprint density at radius 2 is 1.54 bits per heavy atom. The van der Waals surface area contributed by atoms with Gasteiger partial charge in [-0.15, -0.1) is 0 Å². The van der Waals surface area contributed by atoms with Crippen LogP contribution in [-0.2, 0) is 0 Å². The molecular formula is C20H16N4O4. The van der Waals surface area contributed by atoms with Crippen LogP contribution in [-0.4, -0.2) is 23.4 Å². The molecular weight excluding hydrogens is 360 g/mol. The highest BCUT2D eigenvalue weighted by Crippen LogP contribution is 2.26. The summed E-state index contributed by atoms with van der Waals surface area (Å²) in [5.41, 5.74) is 2.16. The number of hydrogen-bond donors (Lipinski definition) is 1. The van der Waals surface area contributed by atoms with Gasteiger partial charge in [-0.3, -0.25) is 15.1 Å². The molecule has 1 N–H and O–H groups in total. The molecule has 0 atom stereocenters. The quantitative estimate of drug-likeness (QED) is 0.266. The second kappa shape index (κ2) is 8.54. The fraction of sp³-hybridized carbons (Fsp3) is 0.0500. The number of azo groups is 1. The Morgan fingerprint density at radius 3 is 2.18 bits per heavy atom. The number of aliphatic imine (C=N–C) groups is 1. The van der Waals surface area contributed by atoms with Gasteiger partial charge in [-0.05, 0) is 54.6 Å². The van der Waals surface area contributed by atoms with E-state index < -0.39 is 4.92 Å². The first-order valence-electron chi connectivity index (χ1n) is 8.22. The number of benzene rings is 3. The molecule has 140 valence electrons. The molecule has 8 heteroatoms. The summed E-state index contributed by atoms with van der Waals surface area (Å²) in [7, 11) is 1.59. The van der Waals surface area contributed by atoms with Gasteiger partial charge in [-0.25, -0.2) is 0 Å². The van der Waals surface area contributed by atoms with E-state index in [1.165, 1.54) is 36.5 Å². The number of nitrogens with zero attached hydrogens (tertiary/aromatic N) is 4. The first-order chi connectivity index (χ1) is 13.5. The lowest BCUT2D eigenvalue weighted by molar-refractivity contribution is -0.384. The van der Waals surface area contributed by atoms with Gasteiger partial charge in [0.15, 0.2) is 0 Å². The van der Waals surface area contributed by atoms with Crippen molar-refractivity contribution in [2.75, 3.05) is 7.11 Å². The lowest BCUT2D eigenvalue weighted by Gasteiger charge is -2.01. The molecule has 0 aliphatic heterocycles. The molecule has 0 saturated heterocycles. The predicted molar refractivity (Wildman–Crippen MR) is 106 cm³/mol. The molecule has 0 spiro atoms. The number of methoxy groups -OCH3 is 1. The zero-order valence-electron chi connectivity index (χ0n) is 14.9. The SMILES string of the molecule is COc1ccc(N=Nc2ccc(O)c(C=Nc3ccc([N+](=O)[O-])cc3)c2)cc1. The van der Waals surface area contributed by atoms with Crippen LogP contribution in [0.3, 0.4) is 0 Å². The van der Waals surface area contributed by atoms with Gasteiger partial charge >= 0.3 is 0 Å². The smallest absolute Gasteiger partial charge is 0.269 e. The first kappa shape index (κ1) is 18.7. The number of non-ortho nitro benzene ring substituents is 1. The maximum atomic E-state index is 10.7. The summed E-state index contributed by atoms with van der Waals surface area (Å²) in [5.74, 6) is 0.766. The van der Waals surface area contributed by atoms with Crippen LogP contribution < -0.4 is 4.74 Å². The van der Waals surface area contributed by atoms with Crippen LogP contribution in [0.2, 0.25) is 0 Å². The number of ether oxygens (including phenoxy) is 1. The van der Waals surface area contributed by atoms with Gasteiger partial charge in [0.1, 0.15) is 11.5 Å². The van der Waals surface area contributed by atoms with Crippen molar-refractivity contribution in [1.82, 2.24) is 0 Å². The van der Waals surface area contributed by atoms with Crippen molar-refractivity contribution in [2.24, 2.45) is 15.2 Å². The third-order valence-electron chi connectivity index (χ3n) is 3.78. The topological polar surface area (TPSA) is 110 Å². The Kier molecular flexibility index (Phi) is 5.71. The van der Waals surface area contributed by atoms with Gasteiger partial charge in [-0.1, -0.05) is 0 Å². The van der Waals surface area contributed by atoms with E-state index >= 15 is 0 Å². The first-order valence-corrected chi connectivity index (χ1v) is 8.22. The molecule has 0 fully saturated rings. The van der Waals surface area contributed by atoms with Gasteiger partial charge in [-0.2, -0.15) is 10.2 Å². The minimum atomic E-state index is -0.476. The second-order valence-corrected chi connectivity index (χ2v) is 5.67. The van der Waals surface area contributed by atoms with Crippen molar-refractivity contribution in [3.8, 4) is 11.5 Å². The van der Waals surface area contributed by atoms with Crippen LogP contribution in [0.5, 0.6) is 11.5 Å². The highest BCUT2D eigenvalue weighted by molar-refractivity contribution is 5.86. The monoisotopic (exact) mass is 376 g/mol. The molecule has 3 aromatic rings. The molecule has 0 amide bonds. The highest BCUT2D eigenvalue weighted by atomic mass is 16.6. The maximum Gasteiger partial charge on any atom is 0.269 e. The minimum Gasteiger partial charge on any atom is -0.507 e. The van der Waals surface area contributed by atoms with Gasteiger partial charge in [0.25, 0.3) is 5.69 Å². The molecule has 0 bridgehead atoms. The van der Waals surface area contributed by atoms with Crippen molar-refractivity contribution in [3.05, 3.63) is 82.4 Å². The molecule has 0 unspecified atom stereocenters. The van der Waals surface area contributed by atoms with Crippen LogP contribution in [0.25, 0.3) is 0 Å². The predicted octanol–water partition coefficient (Wildman–Crippen LogP) is 5.48. The van der Waals surface area contributed by atoms with Crippen molar-refractivity contribution < 1.29 is 14.8 Å². The van der Waals surface area contributed by atoms with Gasteiger partial charge in [0.2, 0.25) is 0 Å². The van der Waals surface area contributed by atoms with E-state index in [9.17, 15) is 15.2 Å². The van der Waals surface area contributed by atoms with Crippen molar-refractivity contribution >= 4 is 29.0 Å². The Labute approximate surface area is 160 Å². The number of phenolic OH excluding ortho intramolecular Hbond substituents is 1. The maximum absolute atomic E-state index is 10.7. The van der Waals surface area contributed by atoms with E-state index in [4.69, 9.17) is 4.74 Å². The van der Waals surface area contributed by atoms with Crippen molar-refractivity contribution in [1.29, 1.82) is 0 Å². The molecule has 0 aromatic heterocycles. The molecule has 3 rings (SSSR count). The average Bonchev–Trinajstić information content (AvgIpc) is 2.73. The number of nitro groups is 1. The molecule has 0 radical (unpaired) electrons. The normalized spacial score (nSPS) is 11.2. The molecule has 0 heterocycles. The summed E-state index contributed by atoms with van der Waals surface area (Å²) in [6, 6.07) is 17.7. The lowest BCUT2D eigenvalue weighted by Crippen LogP contribution is -1.86. The summed E-state index contributed by atoms with van der Waals surface area (Å²) in [6.07, 6.45) is 1.46. The number of phenols is 1. The highest BCUT2D eigenvalue weighted by Gasteiger charge is 2.04. The molecule has 0 aliphatic rings. The average molecular weight is 376 g/mol.